The van der Waals surface area contributed by atoms with E-state index in [1.165, 1.54) is 0 Å². The third kappa shape index (κ3) is 5.26. The lowest BCUT2D eigenvalue weighted by Gasteiger charge is -1.87. The van der Waals surface area contributed by atoms with Crippen molar-refractivity contribution in [2.75, 3.05) is 0 Å². The van der Waals surface area contributed by atoms with Crippen LogP contribution in [0.5, 0.6) is 0 Å². The van der Waals surface area contributed by atoms with Gasteiger partial charge in [0.05, 0.1) is 0 Å². The minimum absolute atomic E-state index is 0.625. The molecule has 0 heterocycles. The zero-order valence-electron chi connectivity index (χ0n) is 5.52. The van der Waals surface area contributed by atoms with Gasteiger partial charge in [-0.15, -0.1) is 5.73 Å². The van der Waals surface area contributed by atoms with Crippen molar-refractivity contribution in [1.82, 2.24) is 0 Å². The Bertz CT molecular complexity index is 112. The van der Waals surface area contributed by atoms with E-state index < -0.39 is 0 Å². The van der Waals surface area contributed by atoms with Crippen LogP contribution >= 0.6 is 0 Å². The molecule has 0 aromatic rings. The van der Waals surface area contributed by atoms with Crippen LogP contribution in [0.4, 0.5) is 0 Å². The highest BCUT2D eigenvalue weighted by Crippen LogP contribution is 1.92. The van der Waals surface area contributed by atoms with Gasteiger partial charge in [-0.2, -0.15) is 0 Å². The second-order valence-corrected chi connectivity index (χ2v) is 2.00. The monoisotopic (exact) mass is 108 g/mol. The largest absolute Gasteiger partial charge is 0.129 e. The molecule has 44 valence electrons. The van der Waals surface area contributed by atoms with E-state index in [4.69, 9.17) is 0 Å². The molecule has 0 aromatic carbocycles. The van der Waals surface area contributed by atoms with Crippen LogP contribution in [0.2, 0.25) is 0 Å². The molecule has 8 heavy (non-hydrogen) atoms. The molecule has 0 spiro atoms. The molecule has 0 aliphatic rings. The number of hydrogen-bond acceptors (Lipinski definition) is 0. The highest BCUT2D eigenvalue weighted by atomic mass is 13.8. The Kier molecular flexibility index (Phi) is 4.01. The van der Waals surface area contributed by atoms with Crippen molar-refractivity contribution in [2.45, 2.75) is 13.8 Å². The Labute approximate surface area is 51.2 Å². The van der Waals surface area contributed by atoms with Crippen LogP contribution in [0, 0.1) is 5.92 Å². The first kappa shape index (κ1) is 7.26. The van der Waals surface area contributed by atoms with Crippen LogP contribution in [-0.4, -0.2) is 0 Å². The predicted molar refractivity (Wildman–Crippen MR) is 37.7 cm³/mol. The minimum Gasteiger partial charge on any atom is -0.129 e. The molecule has 0 unspecified atom stereocenters. The first-order valence-corrected chi connectivity index (χ1v) is 2.80. The van der Waals surface area contributed by atoms with Crippen LogP contribution in [0.25, 0.3) is 0 Å². The third-order valence-corrected chi connectivity index (χ3v) is 0.710. The van der Waals surface area contributed by atoms with E-state index in [1.807, 2.05) is 6.08 Å². The van der Waals surface area contributed by atoms with Crippen molar-refractivity contribution in [2.24, 2.45) is 5.92 Å². The molecule has 0 rings (SSSR count). The fourth-order valence-corrected chi connectivity index (χ4v) is 0.346. The molecule has 0 aliphatic heterocycles. The zero-order chi connectivity index (χ0) is 6.41. The lowest BCUT2D eigenvalue weighted by Crippen LogP contribution is -1.73. The Morgan fingerprint density at radius 1 is 1.50 bits per heavy atom. The molecule has 0 fully saturated rings. The Morgan fingerprint density at radius 2 is 2.12 bits per heavy atom. The molecular weight excluding hydrogens is 96.1 g/mol. The molecule has 0 heteroatoms. The first-order valence-electron chi connectivity index (χ1n) is 2.80. The van der Waals surface area contributed by atoms with Gasteiger partial charge in [-0.25, -0.2) is 0 Å². The van der Waals surface area contributed by atoms with E-state index in [2.05, 4.69) is 32.2 Å². The molecule has 0 nitrogen and oxygen atoms in total. The quantitative estimate of drug-likeness (QED) is 0.376. The molecule has 0 saturated carbocycles. The SMILES string of the molecule is C=C=C/C=C\C(C)C. The summed E-state index contributed by atoms with van der Waals surface area (Å²) in [6.07, 6.45) is 5.86. The van der Waals surface area contributed by atoms with E-state index in [1.54, 1.807) is 6.08 Å². The summed E-state index contributed by atoms with van der Waals surface area (Å²) >= 11 is 0. The average molecular weight is 108 g/mol. The second kappa shape index (κ2) is 4.42. The molecule has 0 aliphatic carbocycles. The van der Waals surface area contributed by atoms with E-state index in [0.29, 0.717) is 5.92 Å². The summed E-state index contributed by atoms with van der Waals surface area (Å²) in [5.41, 5.74) is 2.66. The summed E-state index contributed by atoms with van der Waals surface area (Å²) in [5, 5.41) is 0. The zero-order valence-corrected chi connectivity index (χ0v) is 5.52. The van der Waals surface area contributed by atoms with Crippen LogP contribution in [0.15, 0.2) is 30.5 Å². The average Bonchev–Trinajstić information content (AvgIpc) is 1.66. The molecule has 0 aromatic heterocycles. The van der Waals surface area contributed by atoms with Gasteiger partial charge >= 0.3 is 0 Å². The molecule has 0 atom stereocenters. The van der Waals surface area contributed by atoms with Gasteiger partial charge in [-0.1, -0.05) is 32.6 Å². The van der Waals surface area contributed by atoms with Gasteiger partial charge in [-0.3, -0.25) is 0 Å². The van der Waals surface area contributed by atoms with Gasteiger partial charge in [0.1, 0.15) is 0 Å². The van der Waals surface area contributed by atoms with Crippen molar-refractivity contribution >= 4 is 0 Å². The fraction of sp³-hybridized carbons (Fsp3) is 0.375. The van der Waals surface area contributed by atoms with Crippen molar-refractivity contribution in [1.29, 1.82) is 0 Å². The van der Waals surface area contributed by atoms with Gasteiger partial charge in [0.15, 0.2) is 0 Å². The summed E-state index contributed by atoms with van der Waals surface area (Å²) in [7, 11) is 0. The summed E-state index contributed by atoms with van der Waals surface area (Å²) < 4.78 is 0. The Hall–Kier alpha value is -0.740. The van der Waals surface area contributed by atoms with Crippen LogP contribution in [-0.2, 0) is 0 Å². The minimum atomic E-state index is 0.625. The van der Waals surface area contributed by atoms with Crippen LogP contribution in [0.1, 0.15) is 13.8 Å². The van der Waals surface area contributed by atoms with Crippen molar-refractivity contribution < 1.29 is 0 Å². The lowest BCUT2D eigenvalue weighted by atomic mass is 10.2. The van der Waals surface area contributed by atoms with Crippen molar-refractivity contribution in [3.8, 4) is 0 Å². The molecule has 0 N–H and O–H groups in total. The highest BCUT2D eigenvalue weighted by Gasteiger charge is 1.77. The summed E-state index contributed by atoms with van der Waals surface area (Å²) in [4.78, 5) is 0. The van der Waals surface area contributed by atoms with E-state index in [-0.39, 0.29) is 0 Å². The highest BCUT2D eigenvalue weighted by molar-refractivity contribution is 5.01. The number of allylic oxidation sites excluding steroid dienone is 3. The van der Waals surface area contributed by atoms with Gasteiger partial charge in [-0.05, 0) is 12.0 Å². The van der Waals surface area contributed by atoms with Crippen molar-refractivity contribution in [3.05, 3.63) is 30.5 Å². The predicted octanol–water partition coefficient (Wildman–Crippen LogP) is 2.54. The molecule has 0 saturated heterocycles. The summed E-state index contributed by atoms with van der Waals surface area (Å²) in [5.74, 6) is 0.625. The number of rotatable bonds is 2. The maximum Gasteiger partial charge on any atom is -0.0209 e. The standard InChI is InChI=1S/C8H12/c1-4-5-6-7-8(2)3/h5-8H,1H2,2-3H3/b7-6-. The topological polar surface area (TPSA) is 0 Å². The first-order chi connectivity index (χ1) is 3.77. The third-order valence-electron chi connectivity index (χ3n) is 0.710. The maximum absolute atomic E-state index is 3.43. The van der Waals surface area contributed by atoms with Gasteiger partial charge in [0.2, 0.25) is 0 Å². The maximum atomic E-state index is 3.43. The van der Waals surface area contributed by atoms with Crippen LogP contribution < -0.4 is 0 Å². The molecule has 0 amide bonds. The van der Waals surface area contributed by atoms with E-state index >= 15 is 0 Å². The van der Waals surface area contributed by atoms with E-state index in [9.17, 15) is 0 Å². The molecule has 0 bridgehead atoms. The van der Waals surface area contributed by atoms with E-state index in [0.717, 1.165) is 0 Å². The summed E-state index contributed by atoms with van der Waals surface area (Å²) in [6.45, 7) is 7.69. The second-order valence-electron chi connectivity index (χ2n) is 2.00. The van der Waals surface area contributed by atoms with Gasteiger partial charge in [0, 0.05) is 0 Å². The molecule has 0 radical (unpaired) electrons. The van der Waals surface area contributed by atoms with Gasteiger partial charge in [0.25, 0.3) is 0 Å². The smallest absolute Gasteiger partial charge is 0.0209 e. The number of hydrogen-bond donors (Lipinski definition) is 0. The fourth-order valence-electron chi connectivity index (χ4n) is 0.346. The normalized spacial score (nSPS) is 9.88. The summed E-state index contributed by atoms with van der Waals surface area (Å²) in [6, 6.07) is 0. The Balaban J connectivity index is 3.49. The lowest BCUT2D eigenvalue weighted by molar-refractivity contribution is 0.832. The van der Waals surface area contributed by atoms with Crippen molar-refractivity contribution in [3.63, 3.8) is 0 Å². The van der Waals surface area contributed by atoms with Crippen LogP contribution in [0.3, 0.4) is 0 Å². The Morgan fingerprint density at radius 3 is 2.50 bits per heavy atom. The van der Waals surface area contributed by atoms with Gasteiger partial charge < -0.3 is 0 Å². The molecular formula is C8H12.